The second-order valence-corrected chi connectivity index (χ2v) is 13.0. The molecule has 0 fully saturated rings. The Labute approximate surface area is 286 Å². The van der Waals surface area contributed by atoms with Crippen molar-refractivity contribution in [1.82, 2.24) is 28.6 Å². The fraction of sp³-hybridized carbons (Fsp3) is 0.263. The van der Waals surface area contributed by atoms with Crippen LogP contribution in [0.2, 0.25) is 0 Å². The zero-order chi connectivity index (χ0) is 34.5. The number of para-hydroxylation sites is 2. The normalized spacial score (nSPS) is 17.2. The molecule has 6 aromatic rings. The van der Waals surface area contributed by atoms with Gasteiger partial charge in [-0.05, 0) is 37.8 Å². The standard InChI is InChI=1S/C38H34N6O6/c1-41-19-27(25-7-3-5-9-31(25)41)37(47)23-11-13-33-29(17-23)39-21-43(33)49-35(45)15-16-36(46)50-44-22-40-30-18-24(12-14-34(30)44)38(48)28-20-42(2)32-10-6-4-8-26(28)32/h3-10,15-16,19-24H,11-14,17-18H2,1-2H3/b16-15+. The Balaban J connectivity index is 0.868. The molecule has 2 aliphatic rings. The second kappa shape index (κ2) is 12.4. The summed E-state index contributed by atoms with van der Waals surface area (Å²) in [6.45, 7) is 0. The van der Waals surface area contributed by atoms with Gasteiger partial charge in [0.05, 0.1) is 22.8 Å². The highest BCUT2D eigenvalue weighted by atomic mass is 16.7. The minimum atomic E-state index is -0.779. The highest BCUT2D eigenvalue weighted by Crippen LogP contribution is 2.32. The van der Waals surface area contributed by atoms with Crippen LogP contribution in [0, 0.1) is 11.8 Å². The van der Waals surface area contributed by atoms with Crippen LogP contribution in [0.4, 0.5) is 0 Å². The molecule has 0 aliphatic heterocycles. The van der Waals surface area contributed by atoms with E-state index >= 15 is 0 Å². The Bertz CT molecular complexity index is 2210. The molecule has 50 heavy (non-hydrogen) atoms. The summed E-state index contributed by atoms with van der Waals surface area (Å²) >= 11 is 0. The van der Waals surface area contributed by atoms with Crippen molar-refractivity contribution in [1.29, 1.82) is 0 Å². The molecule has 2 unspecified atom stereocenters. The van der Waals surface area contributed by atoms with E-state index < -0.39 is 11.9 Å². The average molecular weight is 671 g/mol. The summed E-state index contributed by atoms with van der Waals surface area (Å²) in [5.74, 6) is -1.86. The third kappa shape index (κ3) is 5.52. The molecule has 0 N–H and O–H groups in total. The van der Waals surface area contributed by atoms with E-state index in [1.165, 1.54) is 22.1 Å². The number of carbonyl (C=O) groups is 4. The summed E-state index contributed by atoms with van der Waals surface area (Å²) in [5, 5.41) is 1.86. The Kier molecular flexibility index (Phi) is 7.78. The van der Waals surface area contributed by atoms with Crippen molar-refractivity contribution in [3.05, 3.63) is 120 Å². The van der Waals surface area contributed by atoms with Crippen LogP contribution in [0.3, 0.4) is 0 Å². The maximum absolute atomic E-state index is 13.5. The van der Waals surface area contributed by atoms with Gasteiger partial charge in [0.15, 0.2) is 11.6 Å². The predicted molar refractivity (Wildman–Crippen MR) is 182 cm³/mol. The third-order valence-corrected chi connectivity index (χ3v) is 9.97. The fourth-order valence-corrected chi connectivity index (χ4v) is 7.44. The van der Waals surface area contributed by atoms with Crippen molar-refractivity contribution in [2.45, 2.75) is 38.5 Å². The van der Waals surface area contributed by atoms with E-state index in [1.807, 2.05) is 84.2 Å². The third-order valence-electron chi connectivity index (χ3n) is 9.97. The Hall–Kier alpha value is -6.04. The summed E-state index contributed by atoms with van der Waals surface area (Å²) < 4.78 is 6.52. The molecule has 2 aromatic carbocycles. The first-order valence-electron chi connectivity index (χ1n) is 16.6. The number of benzene rings is 2. The van der Waals surface area contributed by atoms with Crippen LogP contribution >= 0.6 is 0 Å². The van der Waals surface area contributed by atoms with Crippen LogP contribution in [0.5, 0.6) is 0 Å². The molecule has 2 aliphatic carbocycles. The first kappa shape index (κ1) is 31.2. The number of rotatable bonds is 8. The van der Waals surface area contributed by atoms with Gasteiger partial charge in [-0.3, -0.25) is 9.59 Å². The van der Waals surface area contributed by atoms with E-state index in [0.29, 0.717) is 61.0 Å². The number of aromatic nitrogens is 6. The van der Waals surface area contributed by atoms with Gasteiger partial charge in [-0.1, -0.05) is 36.4 Å². The highest BCUT2D eigenvalue weighted by Gasteiger charge is 2.32. The van der Waals surface area contributed by atoms with Crippen molar-refractivity contribution >= 4 is 45.3 Å². The minimum Gasteiger partial charge on any atom is -0.350 e. The van der Waals surface area contributed by atoms with Gasteiger partial charge in [0.1, 0.15) is 12.7 Å². The molecule has 0 radical (unpaired) electrons. The van der Waals surface area contributed by atoms with Crippen LogP contribution in [-0.2, 0) is 49.4 Å². The van der Waals surface area contributed by atoms with Crippen LogP contribution < -0.4 is 9.68 Å². The number of Topliss-reactive ketones (excluding diaryl/α,β-unsaturated/α-hetero) is 2. The maximum Gasteiger partial charge on any atom is 0.356 e. The average Bonchev–Trinajstić information content (AvgIpc) is 3.90. The summed E-state index contributed by atoms with van der Waals surface area (Å²) in [7, 11) is 3.86. The maximum atomic E-state index is 13.5. The van der Waals surface area contributed by atoms with Crippen LogP contribution in [-0.4, -0.2) is 52.1 Å². The van der Waals surface area contributed by atoms with Crippen molar-refractivity contribution in [3.8, 4) is 0 Å². The lowest BCUT2D eigenvalue weighted by molar-refractivity contribution is -0.141. The first-order valence-corrected chi connectivity index (χ1v) is 16.6. The number of fused-ring (bicyclic) bond motifs is 4. The number of imidazole rings is 2. The molecular weight excluding hydrogens is 636 g/mol. The molecule has 0 saturated carbocycles. The van der Waals surface area contributed by atoms with Gasteiger partial charge in [-0.2, -0.15) is 9.46 Å². The van der Waals surface area contributed by atoms with Gasteiger partial charge >= 0.3 is 11.9 Å². The molecule has 4 heterocycles. The van der Waals surface area contributed by atoms with Crippen molar-refractivity contribution in [3.63, 3.8) is 0 Å². The molecule has 0 spiro atoms. The second-order valence-electron chi connectivity index (χ2n) is 13.0. The SMILES string of the molecule is Cn1cc(C(=O)C2CCc3c(ncn3OC(=O)/C=C/C(=O)On3cnc4c3CCC(C(=O)c3cn(C)c5ccccc35)C4)C2)c2ccccc21. The lowest BCUT2D eigenvalue weighted by atomic mass is 9.84. The summed E-state index contributed by atoms with van der Waals surface area (Å²) in [4.78, 5) is 72.0. The number of ketones is 2. The van der Waals surface area contributed by atoms with Crippen molar-refractivity contribution < 1.29 is 28.9 Å². The lowest BCUT2D eigenvalue weighted by Gasteiger charge is -2.21. The Morgan fingerprint density at radius 2 is 1.08 bits per heavy atom. The number of carbonyl (C=O) groups excluding carboxylic acids is 4. The predicted octanol–water partition coefficient (Wildman–Crippen LogP) is 4.21. The molecule has 4 aromatic heterocycles. The summed E-state index contributed by atoms with van der Waals surface area (Å²) in [6.07, 6.45) is 11.7. The molecule has 12 nitrogen and oxygen atoms in total. The van der Waals surface area contributed by atoms with Gasteiger partial charge in [-0.25, -0.2) is 19.6 Å². The largest absolute Gasteiger partial charge is 0.356 e. The van der Waals surface area contributed by atoms with Gasteiger partial charge < -0.3 is 18.8 Å². The fourth-order valence-electron chi connectivity index (χ4n) is 7.44. The van der Waals surface area contributed by atoms with Gasteiger partial charge in [-0.15, -0.1) is 0 Å². The zero-order valence-corrected chi connectivity index (χ0v) is 27.6. The van der Waals surface area contributed by atoms with E-state index in [-0.39, 0.29) is 23.4 Å². The van der Waals surface area contributed by atoms with Gasteiger partial charge in [0.2, 0.25) is 0 Å². The lowest BCUT2D eigenvalue weighted by Crippen LogP contribution is -2.27. The minimum absolute atomic E-state index is 0.0776. The quantitative estimate of drug-likeness (QED) is 0.174. The highest BCUT2D eigenvalue weighted by molar-refractivity contribution is 6.10. The van der Waals surface area contributed by atoms with Crippen molar-refractivity contribution in [2.24, 2.45) is 25.9 Å². The zero-order valence-electron chi connectivity index (χ0n) is 27.6. The van der Waals surface area contributed by atoms with Crippen molar-refractivity contribution in [2.75, 3.05) is 0 Å². The van der Waals surface area contributed by atoms with Gasteiger partial charge in [0, 0.05) is 96.3 Å². The summed E-state index contributed by atoms with van der Waals surface area (Å²) in [6, 6.07) is 15.7. The first-order chi connectivity index (χ1) is 24.2. The smallest absolute Gasteiger partial charge is 0.350 e. The molecular formula is C38H34N6O6. The molecule has 2 atom stereocenters. The van der Waals surface area contributed by atoms with Crippen LogP contribution in [0.15, 0.2) is 85.7 Å². The van der Waals surface area contributed by atoms with E-state index in [0.717, 1.165) is 45.3 Å². The number of aryl methyl sites for hydroxylation is 2. The summed E-state index contributed by atoms with van der Waals surface area (Å²) in [5.41, 5.74) is 6.26. The number of nitrogens with zero attached hydrogens (tertiary/aromatic N) is 6. The molecule has 0 saturated heterocycles. The monoisotopic (exact) mass is 670 g/mol. The molecule has 252 valence electrons. The van der Waals surface area contributed by atoms with Crippen LogP contribution in [0.25, 0.3) is 21.8 Å². The van der Waals surface area contributed by atoms with E-state index in [2.05, 4.69) is 9.97 Å². The Morgan fingerprint density at radius 1 is 0.660 bits per heavy atom. The van der Waals surface area contributed by atoms with Gasteiger partial charge in [0.25, 0.3) is 0 Å². The van der Waals surface area contributed by atoms with Crippen LogP contribution in [0.1, 0.15) is 56.3 Å². The molecule has 0 bridgehead atoms. The van der Waals surface area contributed by atoms with E-state index in [4.69, 9.17) is 9.68 Å². The number of hydrogen-bond acceptors (Lipinski definition) is 8. The Morgan fingerprint density at radius 3 is 1.52 bits per heavy atom. The topological polar surface area (TPSA) is 132 Å². The van der Waals surface area contributed by atoms with E-state index in [9.17, 15) is 19.2 Å². The molecule has 0 amide bonds. The molecule has 12 heteroatoms. The molecule has 8 rings (SSSR count). The number of hydrogen-bond donors (Lipinski definition) is 0. The van der Waals surface area contributed by atoms with E-state index in [1.54, 1.807) is 0 Å².